The van der Waals surface area contributed by atoms with Crippen molar-refractivity contribution in [2.24, 2.45) is 0 Å². The van der Waals surface area contributed by atoms with Gasteiger partial charge in [0.2, 0.25) is 0 Å². The van der Waals surface area contributed by atoms with Crippen LogP contribution in [0.15, 0.2) is 143 Å². The fourth-order valence-corrected chi connectivity index (χ4v) is 6.23. The molecule has 39 heavy (non-hydrogen) atoms. The van der Waals surface area contributed by atoms with Crippen LogP contribution in [0.1, 0.15) is 27.0 Å². The minimum Gasteiger partial charge on any atom is -0.316 e. The summed E-state index contributed by atoms with van der Waals surface area (Å²) in [6, 6.07) is 39.4. The summed E-state index contributed by atoms with van der Waals surface area (Å²) in [5.41, 5.74) is 5.03. The van der Waals surface area contributed by atoms with E-state index in [9.17, 15) is 9.59 Å². The van der Waals surface area contributed by atoms with Crippen LogP contribution in [-0.2, 0) is 22.8 Å². The van der Waals surface area contributed by atoms with E-state index in [1.54, 1.807) is 40.6 Å². The average Bonchev–Trinajstić information content (AvgIpc) is 3.23. The Kier molecular flexibility index (Phi) is 8.99. The molecule has 4 nitrogen and oxygen atoms in total. The Bertz CT molecular complexity index is 1470. The molecule has 0 aromatic heterocycles. The number of hydrogen-bond acceptors (Lipinski definition) is 4. The van der Waals surface area contributed by atoms with Crippen molar-refractivity contribution in [1.29, 1.82) is 0 Å². The van der Waals surface area contributed by atoms with Gasteiger partial charge in [-0.1, -0.05) is 109 Å². The summed E-state index contributed by atoms with van der Waals surface area (Å²) >= 11 is 3.22. The Morgan fingerprint density at radius 3 is 1.79 bits per heavy atom. The van der Waals surface area contributed by atoms with Gasteiger partial charge in [-0.15, -0.1) is 23.5 Å². The number of carbonyl (C=O) groups excluding carboxylic acids is 2. The van der Waals surface area contributed by atoms with Crippen molar-refractivity contribution in [1.82, 2.24) is 10.2 Å². The molecule has 194 valence electrons. The lowest BCUT2D eigenvalue weighted by Gasteiger charge is -2.20. The zero-order chi connectivity index (χ0) is 26.9. The first-order valence-electron chi connectivity index (χ1n) is 12.7. The highest BCUT2D eigenvalue weighted by atomic mass is 32.2. The molecule has 0 aliphatic carbocycles. The number of carbonyl (C=O) groups is 2. The number of thioether (sulfide) groups is 2. The molecule has 6 heteroatoms. The quantitative estimate of drug-likeness (QED) is 0.225. The van der Waals surface area contributed by atoms with Crippen LogP contribution in [0.25, 0.3) is 0 Å². The largest absolute Gasteiger partial charge is 0.316 e. The van der Waals surface area contributed by atoms with Crippen LogP contribution in [0.5, 0.6) is 0 Å². The van der Waals surface area contributed by atoms with Crippen LogP contribution >= 0.6 is 23.5 Å². The minimum absolute atomic E-state index is 0.203. The van der Waals surface area contributed by atoms with E-state index in [0.29, 0.717) is 23.6 Å². The van der Waals surface area contributed by atoms with E-state index in [4.69, 9.17) is 0 Å². The van der Waals surface area contributed by atoms with Gasteiger partial charge in [-0.2, -0.15) is 0 Å². The Labute approximate surface area is 237 Å². The van der Waals surface area contributed by atoms with Gasteiger partial charge in [0.25, 0.3) is 11.8 Å². The molecule has 4 aromatic rings. The number of nitrogens with one attached hydrogen (secondary N) is 1. The highest BCUT2D eigenvalue weighted by Gasteiger charge is 2.36. The third kappa shape index (κ3) is 6.91. The van der Waals surface area contributed by atoms with Crippen molar-refractivity contribution in [3.63, 3.8) is 0 Å². The predicted molar refractivity (Wildman–Crippen MR) is 161 cm³/mol. The fourth-order valence-electron chi connectivity index (χ4n) is 4.18. The first-order valence-corrected chi connectivity index (χ1v) is 14.7. The number of rotatable bonds is 10. The average molecular weight is 549 g/mol. The Balaban J connectivity index is 1.50. The van der Waals surface area contributed by atoms with Gasteiger partial charge in [0.15, 0.2) is 0 Å². The molecule has 2 amide bonds. The molecule has 0 radical (unpaired) electrons. The first-order chi connectivity index (χ1) is 19.2. The van der Waals surface area contributed by atoms with Gasteiger partial charge >= 0.3 is 0 Å². The van der Waals surface area contributed by atoms with E-state index in [1.165, 1.54) is 5.56 Å². The third-order valence-corrected chi connectivity index (χ3v) is 8.25. The second-order valence-corrected chi connectivity index (χ2v) is 10.8. The summed E-state index contributed by atoms with van der Waals surface area (Å²) < 4.78 is 0. The Hall–Kier alpha value is -4.00. The molecule has 0 saturated carbocycles. The van der Waals surface area contributed by atoms with Crippen molar-refractivity contribution in [3.05, 3.63) is 165 Å². The molecule has 1 aliphatic rings. The molecule has 0 unspecified atom stereocenters. The maximum atomic E-state index is 13.9. The Morgan fingerprint density at radius 1 is 0.692 bits per heavy atom. The zero-order valence-corrected chi connectivity index (χ0v) is 23.0. The lowest BCUT2D eigenvalue weighted by molar-refractivity contribution is -0.125. The SMILES string of the molecule is O=C(NC1=C(SCc2ccccc2)C(=CSCc2ccccc2)N(Cc2ccccc2)C1=O)c1ccccc1. The van der Waals surface area contributed by atoms with Gasteiger partial charge in [0, 0.05) is 17.1 Å². The van der Waals surface area contributed by atoms with E-state index in [1.807, 2.05) is 84.9 Å². The topological polar surface area (TPSA) is 49.4 Å². The molecule has 0 bridgehead atoms. The third-order valence-electron chi connectivity index (χ3n) is 6.18. The summed E-state index contributed by atoms with van der Waals surface area (Å²) in [5.74, 6) is 0.952. The first kappa shape index (κ1) is 26.6. The molecule has 1 aliphatic heterocycles. The standard InChI is InChI=1S/C33H28N2O2S2/c36-32(28-19-11-4-12-20-28)34-30-31(39-23-27-17-9-3-10-18-27)29(24-38-22-26-15-7-2-8-16-26)35(33(30)37)21-25-13-5-1-6-14-25/h1-20,24H,21-23H2,(H,34,36). The van der Waals surface area contributed by atoms with Crippen LogP contribution in [-0.4, -0.2) is 16.7 Å². The summed E-state index contributed by atoms with van der Waals surface area (Å²) in [6.07, 6.45) is 0. The van der Waals surface area contributed by atoms with Crippen molar-refractivity contribution >= 4 is 35.3 Å². The lowest BCUT2D eigenvalue weighted by Crippen LogP contribution is -2.32. The maximum absolute atomic E-state index is 13.9. The molecular weight excluding hydrogens is 521 g/mol. The molecule has 0 fully saturated rings. The minimum atomic E-state index is -0.297. The molecule has 5 rings (SSSR count). The number of benzene rings is 4. The van der Waals surface area contributed by atoms with E-state index in [2.05, 4.69) is 35.0 Å². The van der Waals surface area contributed by atoms with E-state index in [-0.39, 0.29) is 11.8 Å². The second-order valence-electron chi connectivity index (χ2n) is 8.98. The lowest BCUT2D eigenvalue weighted by atomic mass is 10.2. The van der Waals surface area contributed by atoms with Crippen molar-refractivity contribution in [3.8, 4) is 0 Å². The van der Waals surface area contributed by atoms with Crippen LogP contribution < -0.4 is 5.32 Å². The van der Waals surface area contributed by atoms with E-state index in [0.717, 1.165) is 27.5 Å². The monoisotopic (exact) mass is 548 g/mol. The van der Waals surface area contributed by atoms with Gasteiger partial charge in [0.05, 0.1) is 17.1 Å². The number of nitrogens with zero attached hydrogens (tertiary/aromatic N) is 1. The van der Waals surface area contributed by atoms with Crippen molar-refractivity contribution in [2.45, 2.75) is 18.1 Å². The molecule has 0 saturated heterocycles. The Morgan fingerprint density at radius 2 is 1.21 bits per heavy atom. The smallest absolute Gasteiger partial charge is 0.276 e. The second kappa shape index (κ2) is 13.2. The predicted octanol–water partition coefficient (Wildman–Crippen LogP) is 7.38. The summed E-state index contributed by atoms with van der Waals surface area (Å²) in [4.78, 5) is 29.7. The van der Waals surface area contributed by atoms with Gasteiger partial charge in [-0.25, -0.2) is 0 Å². The van der Waals surface area contributed by atoms with Crippen molar-refractivity contribution in [2.75, 3.05) is 0 Å². The van der Waals surface area contributed by atoms with Gasteiger partial charge in [-0.3, -0.25) is 9.59 Å². The molecule has 0 spiro atoms. The van der Waals surface area contributed by atoms with Gasteiger partial charge in [-0.05, 0) is 34.2 Å². The highest BCUT2D eigenvalue weighted by molar-refractivity contribution is 8.03. The molecule has 4 aromatic carbocycles. The molecule has 1 N–H and O–H groups in total. The van der Waals surface area contributed by atoms with Crippen LogP contribution in [0.4, 0.5) is 0 Å². The maximum Gasteiger partial charge on any atom is 0.276 e. The zero-order valence-electron chi connectivity index (χ0n) is 21.3. The number of amides is 2. The number of hydrogen-bond donors (Lipinski definition) is 1. The van der Waals surface area contributed by atoms with Gasteiger partial charge < -0.3 is 10.2 Å². The van der Waals surface area contributed by atoms with Crippen LogP contribution in [0, 0.1) is 0 Å². The fraction of sp³-hybridized carbons (Fsp3) is 0.0909. The van der Waals surface area contributed by atoms with E-state index < -0.39 is 0 Å². The summed E-state index contributed by atoms with van der Waals surface area (Å²) in [5, 5.41) is 5.02. The highest BCUT2D eigenvalue weighted by Crippen LogP contribution is 2.40. The normalized spacial score (nSPS) is 14.2. The molecule has 1 heterocycles. The molecule has 0 atom stereocenters. The van der Waals surface area contributed by atoms with Crippen molar-refractivity contribution < 1.29 is 9.59 Å². The van der Waals surface area contributed by atoms with Crippen LogP contribution in [0.2, 0.25) is 0 Å². The van der Waals surface area contributed by atoms with E-state index >= 15 is 0 Å². The summed E-state index contributed by atoms with van der Waals surface area (Å²) in [7, 11) is 0. The summed E-state index contributed by atoms with van der Waals surface area (Å²) in [6.45, 7) is 0.414. The van der Waals surface area contributed by atoms with Crippen LogP contribution in [0.3, 0.4) is 0 Å². The molecular formula is C33H28N2O2S2. The van der Waals surface area contributed by atoms with Gasteiger partial charge in [0.1, 0.15) is 5.70 Å².